The van der Waals surface area contributed by atoms with Crippen molar-refractivity contribution < 1.29 is 4.74 Å². The third-order valence-electron chi connectivity index (χ3n) is 4.63. The summed E-state index contributed by atoms with van der Waals surface area (Å²) < 4.78 is 5.41. The minimum Gasteiger partial charge on any atom is -0.379 e. The second-order valence-corrected chi connectivity index (χ2v) is 6.38. The van der Waals surface area contributed by atoms with E-state index in [0.29, 0.717) is 12.1 Å². The van der Waals surface area contributed by atoms with Gasteiger partial charge in [0.15, 0.2) is 5.96 Å². The summed E-state index contributed by atoms with van der Waals surface area (Å²) in [5.41, 5.74) is 0. The third-order valence-corrected chi connectivity index (χ3v) is 4.63. The van der Waals surface area contributed by atoms with Gasteiger partial charge in [-0.15, -0.1) is 0 Å². The fourth-order valence-corrected chi connectivity index (χ4v) is 2.58. The molecule has 0 aromatic rings. The van der Waals surface area contributed by atoms with Crippen LogP contribution < -0.4 is 10.6 Å². The summed E-state index contributed by atoms with van der Waals surface area (Å²) in [6, 6.07) is 1.08. The summed E-state index contributed by atoms with van der Waals surface area (Å²) >= 11 is 0. The zero-order valence-electron chi connectivity index (χ0n) is 15.8. The van der Waals surface area contributed by atoms with Crippen LogP contribution in [0.5, 0.6) is 0 Å². The van der Waals surface area contributed by atoms with E-state index in [2.05, 4.69) is 55.2 Å². The topological polar surface area (TPSA) is 52.1 Å². The molecule has 1 heterocycles. The van der Waals surface area contributed by atoms with Crippen LogP contribution in [-0.2, 0) is 4.74 Å². The monoisotopic (exact) mass is 327 g/mol. The van der Waals surface area contributed by atoms with Gasteiger partial charge in [-0.1, -0.05) is 6.92 Å². The maximum atomic E-state index is 5.41. The van der Waals surface area contributed by atoms with Crippen molar-refractivity contribution in [2.45, 2.75) is 46.2 Å². The van der Waals surface area contributed by atoms with Crippen molar-refractivity contribution in [3.8, 4) is 0 Å². The molecule has 0 amide bonds. The van der Waals surface area contributed by atoms with E-state index in [1.54, 1.807) is 0 Å². The molecule has 2 atom stereocenters. The van der Waals surface area contributed by atoms with Gasteiger partial charge < -0.3 is 20.3 Å². The predicted molar refractivity (Wildman–Crippen MR) is 98.2 cm³/mol. The van der Waals surface area contributed by atoms with Crippen LogP contribution in [0.15, 0.2) is 4.99 Å². The minimum atomic E-state index is 0.456. The van der Waals surface area contributed by atoms with Gasteiger partial charge in [0.2, 0.25) is 0 Å². The Morgan fingerprint density at radius 1 is 1.22 bits per heavy atom. The number of aliphatic imine (C=N–C) groups is 1. The highest BCUT2D eigenvalue weighted by Gasteiger charge is 2.16. The van der Waals surface area contributed by atoms with E-state index in [-0.39, 0.29) is 0 Å². The quantitative estimate of drug-likeness (QED) is 0.489. The summed E-state index contributed by atoms with van der Waals surface area (Å²) in [6.45, 7) is 16.2. The molecule has 1 fully saturated rings. The average molecular weight is 328 g/mol. The predicted octanol–water partition coefficient (Wildman–Crippen LogP) is 0.993. The second-order valence-electron chi connectivity index (χ2n) is 6.38. The molecule has 0 radical (unpaired) electrons. The molecule has 23 heavy (non-hydrogen) atoms. The maximum absolute atomic E-state index is 5.41. The van der Waals surface area contributed by atoms with Crippen LogP contribution >= 0.6 is 0 Å². The van der Waals surface area contributed by atoms with Crippen molar-refractivity contribution in [3.63, 3.8) is 0 Å². The summed E-state index contributed by atoms with van der Waals surface area (Å²) in [5.74, 6) is 0.921. The highest BCUT2D eigenvalue weighted by Crippen LogP contribution is 2.03. The number of ether oxygens (including phenoxy) is 1. The fourth-order valence-electron chi connectivity index (χ4n) is 2.58. The molecule has 0 aromatic carbocycles. The highest BCUT2D eigenvalue weighted by molar-refractivity contribution is 5.79. The van der Waals surface area contributed by atoms with Crippen LogP contribution in [0.25, 0.3) is 0 Å². The van der Waals surface area contributed by atoms with Crippen LogP contribution in [-0.4, -0.2) is 87.4 Å². The number of rotatable bonds is 9. The summed E-state index contributed by atoms with van der Waals surface area (Å²) in [7, 11) is 2.18. The molecular formula is C17H37N5O. The molecule has 2 unspecified atom stereocenters. The van der Waals surface area contributed by atoms with Crippen molar-refractivity contribution in [3.05, 3.63) is 0 Å². The van der Waals surface area contributed by atoms with Crippen LogP contribution in [0.3, 0.4) is 0 Å². The lowest BCUT2D eigenvalue weighted by molar-refractivity contribution is 0.0220. The normalized spacial score (nSPS) is 19.7. The minimum absolute atomic E-state index is 0.456. The third kappa shape index (κ3) is 7.99. The van der Waals surface area contributed by atoms with E-state index < -0.39 is 0 Å². The van der Waals surface area contributed by atoms with E-state index in [0.717, 1.165) is 58.4 Å². The Morgan fingerprint density at radius 2 is 1.91 bits per heavy atom. The van der Waals surface area contributed by atoms with Gasteiger partial charge in [0.05, 0.1) is 19.8 Å². The van der Waals surface area contributed by atoms with Crippen LogP contribution in [0.2, 0.25) is 0 Å². The molecule has 1 rings (SSSR count). The summed E-state index contributed by atoms with van der Waals surface area (Å²) in [6.07, 6.45) is 1.18. The van der Waals surface area contributed by atoms with Crippen molar-refractivity contribution >= 4 is 5.96 Å². The number of hydrogen-bond donors (Lipinski definition) is 2. The Bertz CT molecular complexity index is 331. The first-order valence-electron chi connectivity index (χ1n) is 9.12. The lowest BCUT2D eigenvalue weighted by Crippen LogP contribution is -2.45. The van der Waals surface area contributed by atoms with Crippen molar-refractivity contribution in [1.82, 2.24) is 20.4 Å². The van der Waals surface area contributed by atoms with Crippen LogP contribution in [0.4, 0.5) is 0 Å². The number of nitrogens with one attached hydrogen (secondary N) is 2. The van der Waals surface area contributed by atoms with Gasteiger partial charge >= 0.3 is 0 Å². The van der Waals surface area contributed by atoms with Crippen molar-refractivity contribution in [1.29, 1.82) is 0 Å². The highest BCUT2D eigenvalue weighted by atomic mass is 16.5. The van der Waals surface area contributed by atoms with Crippen molar-refractivity contribution in [2.24, 2.45) is 4.99 Å². The Kier molecular flexibility index (Phi) is 10.2. The molecule has 1 saturated heterocycles. The molecule has 2 N–H and O–H groups in total. The Morgan fingerprint density at radius 3 is 2.52 bits per heavy atom. The number of guanidine groups is 1. The lowest BCUT2D eigenvalue weighted by atomic mass is 10.2. The average Bonchev–Trinajstić information content (AvgIpc) is 2.59. The standard InChI is InChI=1S/C17H37N5O/c1-6-15(3)21(5)9-8-19-17(18-7-2)20-14-16(4)22-10-12-23-13-11-22/h15-16H,6-14H2,1-5H3,(H2,18,19,20). The van der Waals surface area contributed by atoms with Gasteiger partial charge in [0.1, 0.15) is 0 Å². The van der Waals surface area contributed by atoms with E-state index in [9.17, 15) is 0 Å². The van der Waals surface area contributed by atoms with Gasteiger partial charge in [0, 0.05) is 44.8 Å². The molecule has 1 aliphatic rings. The molecule has 0 aromatic heterocycles. The second kappa shape index (κ2) is 11.6. The van der Waals surface area contributed by atoms with Crippen LogP contribution in [0.1, 0.15) is 34.1 Å². The van der Waals surface area contributed by atoms with Gasteiger partial charge in [-0.2, -0.15) is 0 Å². The smallest absolute Gasteiger partial charge is 0.191 e. The Hall–Kier alpha value is -0.850. The van der Waals surface area contributed by atoms with Crippen molar-refractivity contribution in [2.75, 3.05) is 59.5 Å². The lowest BCUT2D eigenvalue weighted by Gasteiger charge is -2.31. The van der Waals surface area contributed by atoms with Gasteiger partial charge in [-0.05, 0) is 34.2 Å². The zero-order valence-corrected chi connectivity index (χ0v) is 15.8. The van der Waals surface area contributed by atoms with E-state index in [4.69, 9.17) is 9.73 Å². The number of nitrogens with zero attached hydrogens (tertiary/aromatic N) is 3. The summed E-state index contributed by atoms with van der Waals surface area (Å²) in [5, 5.41) is 6.78. The first-order valence-corrected chi connectivity index (χ1v) is 9.12. The number of morpholine rings is 1. The molecule has 6 heteroatoms. The summed E-state index contributed by atoms with van der Waals surface area (Å²) in [4.78, 5) is 9.58. The van der Waals surface area contributed by atoms with Gasteiger partial charge in [-0.3, -0.25) is 9.89 Å². The Labute approximate surface area is 142 Å². The molecule has 1 aliphatic heterocycles. The largest absolute Gasteiger partial charge is 0.379 e. The number of likely N-dealkylation sites (N-methyl/N-ethyl adjacent to an activating group) is 1. The van der Waals surface area contributed by atoms with Crippen LogP contribution in [0, 0.1) is 0 Å². The van der Waals surface area contributed by atoms with E-state index in [1.807, 2.05) is 0 Å². The zero-order chi connectivity index (χ0) is 17.1. The van der Waals surface area contributed by atoms with E-state index >= 15 is 0 Å². The number of hydrogen-bond acceptors (Lipinski definition) is 4. The fraction of sp³-hybridized carbons (Fsp3) is 0.941. The molecular weight excluding hydrogens is 290 g/mol. The molecule has 0 bridgehead atoms. The molecule has 136 valence electrons. The van der Waals surface area contributed by atoms with Gasteiger partial charge in [-0.25, -0.2) is 0 Å². The molecule has 6 nitrogen and oxygen atoms in total. The molecule has 0 spiro atoms. The maximum Gasteiger partial charge on any atom is 0.191 e. The first-order chi connectivity index (χ1) is 11.1. The Balaban J connectivity index is 2.36. The molecule has 0 saturated carbocycles. The van der Waals surface area contributed by atoms with E-state index in [1.165, 1.54) is 6.42 Å². The SMILES string of the molecule is CCNC(=NCC(C)N1CCOCC1)NCCN(C)C(C)CC. The first kappa shape index (κ1) is 20.2. The van der Waals surface area contributed by atoms with Gasteiger partial charge in [0.25, 0.3) is 0 Å². The molecule has 0 aliphatic carbocycles.